The van der Waals surface area contributed by atoms with Gasteiger partial charge in [-0.05, 0) is 42.9 Å². The van der Waals surface area contributed by atoms with E-state index in [0.29, 0.717) is 0 Å². The van der Waals surface area contributed by atoms with Gasteiger partial charge in [0.2, 0.25) is 0 Å². The van der Waals surface area contributed by atoms with Crippen molar-refractivity contribution in [2.24, 2.45) is 16.7 Å². The quantitative estimate of drug-likeness (QED) is 0.676. The number of carbonyl (C=O) groups is 1. The van der Waals surface area contributed by atoms with Crippen molar-refractivity contribution in [3.63, 3.8) is 0 Å². The average molecular weight is 268 g/mol. The van der Waals surface area contributed by atoms with Crippen molar-refractivity contribution < 1.29 is 9.53 Å². The smallest absolute Gasteiger partial charge is 0.309 e. The van der Waals surface area contributed by atoms with Crippen LogP contribution in [-0.4, -0.2) is 12.1 Å². The molecule has 0 N–H and O–H groups in total. The molecule has 1 atom stereocenters. The highest BCUT2D eigenvalue weighted by atomic mass is 16.5. The molecule has 0 aromatic heterocycles. The molecule has 0 spiro atoms. The summed E-state index contributed by atoms with van der Waals surface area (Å²) in [4.78, 5) is 12.5. The monoisotopic (exact) mass is 268 g/mol. The molecule has 0 radical (unpaired) electrons. The third kappa shape index (κ3) is 5.97. The first-order chi connectivity index (χ1) is 8.59. The fraction of sp³-hybridized carbons (Fsp3) is 0.941. The van der Waals surface area contributed by atoms with Gasteiger partial charge in [-0.2, -0.15) is 0 Å². The molecule has 1 saturated carbocycles. The van der Waals surface area contributed by atoms with Crippen LogP contribution in [0.1, 0.15) is 80.1 Å². The Hall–Kier alpha value is -0.530. The molecule has 0 heterocycles. The number of hydrogen-bond acceptors (Lipinski definition) is 2. The number of rotatable bonds is 3. The minimum atomic E-state index is -0.0287. The van der Waals surface area contributed by atoms with E-state index < -0.39 is 0 Å². The standard InChI is InChI=1S/C17H32O2/c1-16(2,3)12-14(17(4,5)6)15(18)19-13-10-8-7-9-11-13/h13-14H,7-12H2,1-6H3. The van der Waals surface area contributed by atoms with E-state index in [1.165, 1.54) is 19.3 Å². The van der Waals surface area contributed by atoms with Crippen molar-refractivity contribution >= 4 is 5.97 Å². The van der Waals surface area contributed by atoms with Crippen LogP contribution in [-0.2, 0) is 9.53 Å². The lowest BCUT2D eigenvalue weighted by Gasteiger charge is -2.35. The molecule has 2 heteroatoms. The highest BCUT2D eigenvalue weighted by Gasteiger charge is 2.36. The fourth-order valence-electron chi connectivity index (χ4n) is 2.78. The number of ether oxygens (including phenoxy) is 1. The molecule has 1 rings (SSSR count). The third-order valence-electron chi connectivity index (χ3n) is 3.98. The Balaban J connectivity index is 2.66. The van der Waals surface area contributed by atoms with Gasteiger partial charge in [0.05, 0.1) is 5.92 Å². The van der Waals surface area contributed by atoms with Gasteiger partial charge >= 0.3 is 5.97 Å². The van der Waals surface area contributed by atoms with E-state index in [2.05, 4.69) is 41.5 Å². The molecule has 1 aliphatic carbocycles. The predicted molar refractivity (Wildman–Crippen MR) is 80.0 cm³/mol. The van der Waals surface area contributed by atoms with Gasteiger partial charge < -0.3 is 4.74 Å². The summed E-state index contributed by atoms with van der Waals surface area (Å²) in [6.07, 6.45) is 6.87. The molecule has 0 bridgehead atoms. The van der Waals surface area contributed by atoms with Crippen LogP contribution in [0.5, 0.6) is 0 Å². The average Bonchev–Trinajstić information content (AvgIpc) is 2.24. The lowest BCUT2D eigenvalue weighted by atomic mass is 9.72. The van der Waals surface area contributed by atoms with Crippen molar-refractivity contribution in [3.8, 4) is 0 Å². The molecule has 1 fully saturated rings. The molecule has 0 aromatic rings. The zero-order chi connectivity index (χ0) is 14.7. The summed E-state index contributed by atoms with van der Waals surface area (Å²) >= 11 is 0. The fourth-order valence-corrected chi connectivity index (χ4v) is 2.78. The highest BCUT2D eigenvalue weighted by Crippen LogP contribution is 2.37. The zero-order valence-corrected chi connectivity index (χ0v) is 13.7. The van der Waals surface area contributed by atoms with Gasteiger partial charge in [-0.15, -0.1) is 0 Å². The van der Waals surface area contributed by atoms with Gasteiger partial charge in [0, 0.05) is 0 Å². The molecule has 0 aromatic carbocycles. The van der Waals surface area contributed by atoms with Crippen LogP contribution in [0, 0.1) is 16.7 Å². The summed E-state index contributed by atoms with van der Waals surface area (Å²) in [6.45, 7) is 13.0. The van der Waals surface area contributed by atoms with Gasteiger partial charge in [0.25, 0.3) is 0 Å². The molecule has 0 amide bonds. The first-order valence-corrected chi connectivity index (χ1v) is 7.80. The Morgan fingerprint density at radius 1 is 1.05 bits per heavy atom. The van der Waals surface area contributed by atoms with Crippen LogP contribution >= 0.6 is 0 Å². The first-order valence-electron chi connectivity index (χ1n) is 7.80. The second-order valence-electron chi connectivity index (χ2n) is 8.38. The Bertz CT molecular complexity index is 287. The summed E-state index contributed by atoms with van der Waals surface area (Å²) in [5, 5.41) is 0. The molecule has 1 aliphatic rings. The number of esters is 1. The largest absolute Gasteiger partial charge is 0.462 e. The SMILES string of the molecule is CC(C)(C)CC(C(=O)OC1CCCCC1)C(C)(C)C. The van der Waals surface area contributed by atoms with Gasteiger partial charge in [-0.3, -0.25) is 4.79 Å². The van der Waals surface area contributed by atoms with Crippen LogP contribution in [0.4, 0.5) is 0 Å². The maximum Gasteiger partial charge on any atom is 0.309 e. The van der Waals surface area contributed by atoms with Gasteiger partial charge in [-0.25, -0.2) is 0 Å². The van der Waals surface area contributed by atoms with Crippen molar-refractivity contribution in [2.75, 3.05) is 0 Å². The molecule has 19 heavy (non-hydrogen) atoms. The van der Waals surface area contributed by atoms with E-state index in [0.717, 1.165) is 19.3 Å². The molecule has 112 valence electrons. The molecule has 0 aliphatic heterocycles. The molecule has 2 nitrogen and oxygen atoms in total. The minimum Gasteiger partial charge on any atom is -0.462 e. The van der Waals surface area contributed by atoms with Crippen LogP contribution in [0.2, 0.25) is 0 Å². The topological polar surface area (TPSA) is 26.3 Å². The zero-order valence-electron chi connectivity index (χ0n) is 13.7. The van der Waals surface area contributed by atoms with Crippen LogP contribution < -0.4 is 0 Å². The summed E-state index contributed by atoms with van der Waals surface area (Å²) in [7, 11) is 0. The van der Waals surface area contributed by atoms with Gasteiger partial charge in [0.1, 0.15) is 6.10 Å². The van der Waals surface area contributed by atoms with Crippen LogP contribution in [0.25, 0.3) is 0 Å². The summed E-state index contributed by atoms with van der Waals surface area (Å²) in [5.41, 5.74) is 0.128. The van der Waals surface area contributed by atoms with Crippen molar-refractivity contribution in [1.82, 2.24) is 0 Å². The molecule has 0 saturated heterocycles. The summed E-state index contributed by atoms with van der Waals surface area (Å²) in [6, 6.07) is 0. The van der Waals surface area contributed by atoms with Crippen molar-refractivity contribution in [1.29, 1.82) is 0 Å². The second kappa shape index (κ2) is 6.28. The van der Waals surface area contributed by atoms with E-state index in [9.17, 15) is 4.79 Å². The van der Waals surface area contributed by atoms with Crippen LogP contribution in [0.3, 0.4) is 0 Å². The highest BCUT2D eigenvalue weighted by molar-refractivity contribution is 5.73. The lowest BCUT2D eigenvalue weighted by Crippen LogP contribution is -2.36. The summed E-state index contributed by atoms with van der Waals surface area (Å²) in [5.74, 6) is 0.0174. The molecule has 1 unspecified atom stereocenters. The van der Waals surface area contributed by atoms with E-state index in [1.54, 1.807) is 0 Å². The van der Waals surface area contributed by atoms with Crippen LogP contribution in [0.15, 0.2) is 0 Å². The number of hydrogen-bond donors (Lipinski definition) is 0. The van der Waals surface area contributed by atoms with E-state index in [1.807, 2.05) is 0 Å². The minimum absolute atomic E-state index is 0.00516. The Labute approximate surface area is 119 Å². The lowest BCUT2D eigenvalue weighted by molar-refractivity contribution is -0.161. The molecular formula is C17H32O2. The Kier molecular flexibility index (Phi) is 5.46. The number of carbonyl (C=O) groups excluding carboxylic acids is 1. The Morgan fingerprint density at radius 3 is 2.00 bits per heavy atom. The third-order valence-corrected chi connectivity index (χ3v) is 3.98. The van der Waals surface area contributed by atoms with Gasteiger partial charge in [-0.1, -0.05) is 48.0 Å². The summed E-state index contributed by atoms with van der Waals surface area (Å²) < 4.78 is 5.79. The van der Waals surface area contributed by atoms with E-state index in [4.69, 9.17) is 4.74 Å². The van der Waals surface area contributed by atoms with Crippen molar-refractivity contribution in [2.45, 2.75) is 86.2 Å². The second-order valence-corrected chi connectivity index (χ2v) is 8.38. The first kappa shape index (κ1) is 16.5. The van der Waals surface area contributed by atoms with E-state index >= 15 is 0 Å². The predicted octanol–water partition coefficient (Wildman–Crippen LogP) is 4.96. The van der Waals surface area contributed by atoms with E-state index in [-0.39, 0.29) is 28.8 Å². The maximum atomic E-state index is 12.5. The normalized spacial score (nSPS) is 20.1. The van der Waals surface area contributed by atoms with Gasteiger partial charge in [0.15, 0.2) is 0 Å². The Morgan fingerprint density at radius 2 is 1.58 bits per heavy atom. The maximum absolute atomic E-state index is 12.5. The molecular weight excluding hydrogens is 236 g/mol. The van der Waals surface area contributed by atoms with Crippen molar-refractivity contribution in [3.05, 3.63) is 0 Å².